The third-order valence-corrected chi connectivity index (χ3v) is 4.78. The zero-order valence-electron chi connectivity index (χ0n) is 16.7. The van der Waals surface area contributed by atoms with Crippen molar-refractivity contribution in [3.05, 3.63) is 77.6 Å². The molecule has 8 heteroatoms. The van der Waals surface area contributed by atoms with Crippen LogP contribution >= 0.6 is 0 Å². The smallest absolute Gasteiger partial charge is 0.417 e. The molecule has 0 atom stereocenters. The van der Waals surface area contributed by atoms with Gasteiger partial charge in [-0.1, -0.05) is 30.3 Å². The Morgan fingerprint density at radius 1 is 1.16 bits per heavy atom. The van der Waals surface area contributed by atoms with Crippen molar-refractivity contribution in [2.75, 3.05) is 19.0 Å². The van der Waals surface area contributed by atoms with Gasteiger partial charge < -0.3 is 15.2 Å². The normalized spacial score (nSPS) is 12.6. The largest absolute Gasteiger partial charge is 0.493 e. The second kappa shape index (κ2) is 9.51. The summed E-state index contributed by atoms with van der Waals surface area (Å²) in [6.45, 7) is 0.622. The minimum Gasteiger partial charge on any atom is -0.493 e. The highest BCUT2D eigenvalue weighted by Gasteiger charge is 2.33. The molecule has 0 aliphatic carbocycles. The molecular weight excluding hydrogens is 409 g/mol. The van der Waals surface area contributed by atoms with Gasteiger partial charge in [-0.15, -0.1) is 0 Å². The number of nitrogens with zero attached hydrogens (tertiary/aromatic N) is 1. The maximum Gasteiger partial charge on any atom is 0.417 e. The van der Waals surface area contributed by atoms with Gasteiger partial charge in [0.1, 0.15) is 5.75 Å². The van der Waals surface area contributed by atoms with Crippen LogP contribution in [-0.2, 0) is 12.6 Å². The summed E-state index contributed by atoms with van der Waals surface area (Å²) in [6.07, 6.45) is 0.434. The van der Waals surface area contributed by atoms with Crippen molar-refractivity contribution < 1.29 is 27.8 Å². The first-order chi connectivity index (χ1) is 14.8. The molecule has 4 rings (SSSR count). The molecule has 162 valence electrons. The Kier molecular flexibility index (Phi) is 6.79. The van der Waals surface area contributed by atoms with Gasteiger partial charge in [0, 0.05) is 13.2 Å². The summed E-state index contributed by atoms with van der Waals surface area (Å²) in [6, 6.07) is 12.4. The lowest BCUT2D eigenvalue weighted by Crippen LogP contribution is -2.09. The topological polar surface area (TPSA) is 71.5 Å². The molecule has 1 aliphatic heterocycles. The number of benzene rings is 2. The summed E-state index contributed by atoms with van der Waals surface area (Å²) in [5.74, 6) is -0.248. The molecule has 2 heterocycles. The van der Waals surface area contributed by atoms with Gasteiger partial charge >= 0.3 is 12.1 Å². The lowest BCUT2D eigenvalue weighted by molar-refractivity contribution is -0.137. The van der Waals surface area contributed by atoms with E-state index in [0.29, 0.717) is 23.6 Å². The minimum absolute atomic E-state index is 0.192. The number of rotatable bonds is 3. The Morgan fingerprint density at radius 3 is 2.61 bits per heavy atom. The monoisotopic (exact) mass is 430 g/mol. The maximum atomic E-state index is 13.0. The van der Waals surface area contributed by atoms with Crippen molar-refractivity contribution in [2.24, 2.45) is 0 Å². The number of nitrogens with one attached hydrogen (secondary N) is 1. The number of halogens is 3. The third kappa shape index (κ3) is 5.33. The fraction of sp³-hybridized carbons (Fsp3) is 0.217. The van der Waals surface area contributed by atoms with E-state index < -0.39 is 17.7 Å². The van der Waals surface area contributed by atoms with Crippen LogP contribution in [0.2, 0.25) is 0 Å². The zero-order chi connectivity index (χ0) is 22.4. The number of anilines is 1. The van der Waals surface area contributed by atoms with Crippen molar-refractivity contribution in [3.8, 4) is 16.9 Å². The zero-order valence-corrected chi connectivity index (χ0v) is 16.7. The van der Waals surface area contributed by atoms with E-state index in [9.17, 15) is 18.0 Å². The molecule has 1 aliphatic rings. The maximum absolute atomic E-state index is 13.0. The van der Waals surface area contributed by atoms with Crippen LogP contribution in [0.3, 0.4) is 0 Å². The van der Waals surface area contributed by atoms with Crippen LogP contribution in [0.1, 0.15) is 27.9 Å². The highest BCUT2D eigenvalue weighted by atomic mass is 19.4. The van der Waals surface area contributed by atoms with E-state index in [4.69, 9.17) is 9.84 Å². The molecule has 2 aromatic carbocycles. The molecule has 0 saturated carbocycles. The van der Waals surface area contributed by atoms with E-state index >= 15 is 0 Å². The molecule has 0 fully saturated rings. The third-order valence-electron chi connectivity index (χ3n) is 4.78. The first kappa shape index (κ1) is 22.1. The van der Waals surface area contributed by atoms with Gasteiger partial charge in [0.25, 0.3) is 0 Å². The van der Waals surface area contributed by atoms with Crippen LogP contribution in [0.5, 0.6) is 5.75 Å². The highest BCUT2D eigenvalue weighted by Crippen LogP contribution is 2.38. The highest BCUT2D eigenvalue weighted by molar-refractivity contribution is 5.93. The van der Waals surface area contributed by atoms with E-state index in [-0.39, 0.29) is 11.1 Å². The van der Waals surface area contributed by atoms with Crippen molar-refractivity contribution in [1.82, 2.24) is 4.98 Å². The minimum atomic E-state index is -4.35. The molecule has 0 unspecified atom stereocenters. The number of pyridine rings is 1. The Morgan fingerprint density at radius 2 is 1.94 bits per heavy atom. The summed E-state index contributed by atoms with van der Waals surface area (Å²) in [5.41, 5.74) is 1.94. The molecule has 5 nitrogen and oxygen atoms in total. The van der Waals surface area contributed by atoms with Gasteiger partial charge in [-0.2, -0.15) is 13.2 Å². The number of aromatic nitrogens is 1. The Hall–Kier alpha value is -3.55. The standard InChI is InChI=1S/C16H13F3O.C7H8N2O2/c17-16(18,19)14-6-2-1-5-13(14)12-8-7-11-4-3-9-20-15(11)10-12;1-8-6-4-9-3-2-5(6)7(10)11/h1-2,5-8,10H,3-4,9H2;2-4,8H,1H3,(H,10,11). The molecule has 0 saturated heterocycles. The van der Waals surface area contributed by atoms with E-state index in [1.807, 2.05) is 6.07 Å². The second-order valence-electron chi connectivity index (χ2n) is 6.79. The molecule has 2 N–H and O–H groups in total. The van der Waals surface area contributed by atoms with E-state index in [0.717, 1.165) is 24.5 Å². The molecule has 31 heavy (non-hydrogen) atoms. The molecule has 0 bridgehead atoms. The Bertz CT molecular complexity index is 1070. The number of fused-ring (bicyclic) bond motifs is 1. The van der Waals surface area contributed by atoms with Crippen LogP contribution in [-0.4, -0.2) is 29.7 Å². The number of carboxylic acid groups (broad SMARTS) is 1. The summed E-state index contributed by atoms with van der Waals surface area (Å²) < 4.78 is 44.7. The second-order valence-corrected chi connectivity index (χ2v) is 6.79. The molecule has 0 radical (unpaired) electrons. The average molecular weight is 430 g/mol. The van der Waals surface area contributed by atoms with Gasteiger partial charge in [-0.05, 0) is 47.7 Å². The Balaban J connectivity index is 0.000000210. The lowest BCUT2D eigenvalue weighted by Gasteiger charge is -2.19. The van der Waals surface area contributed by atoms with Crippen molar-refractivity contribution >= 4 is 11.7 Å². The van der Waals surface area contributed by atoms with E-state index in [1.54, 1.807) is 25.2 Å². The molecular formula is C23H21F3N2O3. The number of carboxylic acids is 1. The summed E-state index contributed by atoms with van der Waals surface area (Å²) in [7, 11) is 1.66. The quantitative estimate of drug-likeness (QED) is 0.573. The van der Waals surface area contributed by atoms with Gasteiger partial charge in [-0.25, -0.2) is 4.79 Å². The predicted molar refractivity (Wildman–Crippen MR) is 111 cm³/mol. The number of hydrogen-bond donors (Lipinski definition) is 2. The molecule has 3 aromatic rings. The summed E-state index contributed by atoms with van der Waals surface area (Å²) >= 11 is 0. The van der Waals surface area contributed by atoms with Crippen molar-refractivity contribution in [3.63, 3.8) is 0 Å². The van der Waals surface area contributed by atoms with Gasteiger partial charge in [0.15, 0.2) is 0 Å². The van der Waals surface area contributed by atoms with Gasteiger partial charge in [0.2, 0.25) is 0 Å². The average Bonchev–Trinajstić information content (AvgIpc) is 2.78. The van der Waals surface area contributed by atoms with Crippen molar-refractivity contribution in [2.45, 2.75) is 19.0 Å². The van der Waals surface area contributed by atoms with Crippen LogP contribution in [0, 0.1) is 0 Å². The fourth-order valence-corrected chi connectivity index (χ4v) is 3.27. The first-order valence-electron chi connectivity index (χ1n) is 9.58. The van der Waals surface area contributed by atoms with Crippen LogP contribution in [0.15, 0.2) is 60.9 Å². The number of hydrogen-bond acceptors (Lipinski definition) is 4. The van der Waals surface area contributed by atoms with Crippen LogP contribution in [0.25, 0.3) is 11.1 Å². The number of alkyl halides is 3. The first-order valence-corrected chi connectivity index (χ1v) is 9.58. The predicted octanol–water partition coefficient (Wildman–Crippen LogP) is 5.52. The fourth-order valence-electron chi connectivity index (χ4n) is 3.27. The molecule has 0 amide bonds. The van der Waals surface area contributed by atoms with Crippen LogP contribution < -0.4 is 10.1 Å². The van der Waals surface area contributed by atoms with Gasteiger partial charge in [-0.3, -0.25) is 4.98 Å². The SMILES string of the molecule is CNc1cnccc1C(=O)O.FC(F)(F)c1ccccc1-c1ccc2c(c1)OCCC2. The van der Waals surface area contributed by atoms with E-state index in [2.05, 4.69) is 10.3 Å². The summed E-state index contributed by atoms with van der Waals surface area (Å²) in [5, 5.41) is 11.4. The number of aryl methyl sites for hydroxylation is 1. The van der Waals surface area contributed by atoms with E-state index in [1.165, 1.54) is 30.6 Å². The Labute approximate surface area is 177 Å². The number of aromatic carboxylic acids is 1. The summed E-state index contributed by atoms with van der Waals surface area (Å²) in [4.78, 5) is 14.3. The van der Waals surface area contributed by atoms with Crippen molar-refractivity contribution in [1.29, 1.82) is 0 Å². The van der Waals surface area contributed by atoms with Crippen LogP contribution in [0.4, 0.5) is 18.9 Å². The number of ether oxygens (including phenoxy) is 1. The molecule has 1 aromatic heterocycles. The molecule has 0 spiro atoms. The lowest BCUT2D eigenvalue weighted by atomic mass is 9.96. The van der Waals surface area contributed by atoms with Gasteiger partial charge in [0.05, 0.1) is 29.6 Å². The number of carbonyl (C=O) groups is 1.